The first-order valence-corrected chi connectivity index (χ1v) is 7.16. The van der Waals surface area contributed by atoms with E-state index in [4.69, 9.17) is 0 Å². The monoisotopic (exact) mass is 326 g/mol. The third kappa shape index (κ3) is 2.73. The fourth-order valence-corrected chi connectivity index (χ4v) is 2.12. The molecule has 0 unspecified atom stereocenters. The molecule has 0 atom stereocenters. The van der Waals surface area contributed by atoms with Gasteiger partial charge in [0.2, 0.25) is 5.16 Å². The molecule has 5 nitrogen and oxygen atoms in total. The van der Waals surface area contributed by atoms with Crippen LogP contribution in [-0.2, 0) is 0 Å². The van der Waals surface area contributed by atoms with Crippen molar-refractivity contribution < 1.29 is 4.79 Å². The maximum absolute atomic E-state index is 12.0. The highest BCUT2D eigenvalue weighted by molar-refractivity contribution is 9.10. The van der Waals surface area contributed by atoms with E-state index < -0.39 is 0 Å². The minimum Gasteiger partial charge on any atom is -0.267 e. The second-order valence-electron chi connectivity index (χ2n) is 3.52. The van der Waals surface area contributed by atoms with E-state index in [0.717, 1.165) is 4.47 Å². The summed E-state index contributed by atoms with van der Waals surface area (Å²) in [4.78, 5) is 12.0. The van der Waals surface area contributed by atoms with E-state index in [-0.39, 0.29) is 5.91 Å². The molecule has 0 saturated carbocycles. The Labute approximate surface area is 117 Å². The predicted octanol–water partition coefficient (Wildman–Crippen LogP) is 2.45. The topological polar surface area (TPSA) is 59.8 Å². The molecule has 2 aromatic rings. The molecule has 94 valence electrons. The maximum atomic E-state index is 12.0. The largest absolute Gasteiger partial charge is 0.270 e. The van der Waals surface area contributed by atoms with Gasteiger partial charge in [-0.1, -0.05) is 27.7 Å². The van der Waals surface area contributed by atoms with Crippen molar-refractivity contribution in [3.8, 4) is 0 Å². The highest BCUT2D eigenvalue weighted by Crippen LogP contribution is 2.13. The Morgan fingerprint density at radius 1 is 1.33 bits per heavy atom. The molecule has 0 bridgehead atoms. The van der Waals surface area contributed by atoms with Crippen molar-refractivity contribution in [2.24, 2.45) is 0 Å². The number of aryl methyl sites for hydroxylation is 1. The molecule has 1 aromatic heterocycles. The SMILES string of the molecule is CSc1nnc(C)n1NC(=O)c1ccc(Br)cc1. The van der Waals surface area contributed by atoms with Crippen LogP contribution in [-0.4, -0.2) is 27.0 Å². The van der Waals surface area contributed by atoms with Crippen molar-refractivity contribution in [3.05, 3.63) is 40.1 Å². The Balaban J connectivity index is 2.21. The first-order valence-electron chi connectivity index (χ1n) is 5.14. The molecular weight excluding hydrogens is 316 g/mol. The van der Waals surface area contributed by atoms with Gasteiger partial charge < -0.3 is 0 Å². The molecule has 0 fully saturated rings. The lowest BCUT2D eigenvalue weighted by Crippen LogP contribution is -2.24. The van der Waals surface area contributed by atoms with Crippen molar-refractivity contribution in [2.45, 2.75) is 12.1 Å². The number of hydrogen-bond acceptors (Lipinski definition) is 4. The van der Waals surface area contributed by atoms with Gasteiger partial charge in [-0.3, -0.25) is 10.2 Å². The van der Waals surface area contributed by atoms with E-state index in [1.54, 1.807) is 23.7 Å². The zero-order chi connectivity index (χ0) is 13.1. The Morgan fingerprint density at radius 3 is 2.61 bits per heavy atom. The minimum absolute atomic E-state index is 0.194. The number of carbonyl (C=O) groups is 1. The number of thioether (sulfide) groups is 1. The molecule has 1 amide bonds. The number of rotatable bonds is 3. The van der Waals surface area contributed by atoms with Crippen molar-refractivity contribution in [2.75, 3.05) is 11.7 Å². The van der Waals surface area contributed by atoms with Crippen LogP contribution in [0.5, 0.6) is 0 Å². The summed E-state index contributed by atoms with van der Waals surface area (Å²) in [7, 11) is 0. The van der Waals surface area contributed by atoms with Gasteiger partial charge in [-0.15, -0.1) is 10.2 Å². The number of benzene rings is 1. The summed E-state index contributed by atoms with van der Waals surface area (Å²) in [6.07, 6.45) is 1.88. The number of amides is 1. The number of nitrogens with zero attached hydrogens (tertiary/aromatic N) is 3. The van der Waals surface area contributed by atoms with Gasteiger partial charge in [0.15, 0.2) is 0 Å². The van der Waals surface area contributed by atoms with Crippen LogP contribution in [0.2, 0.25) is 0 Å². The van der Waals surface area contributed by atoms with Gasteiger partial charge in [0, 0.05) is 10.0 Å². The highest BCUT2D eigenvalue weighted by Gasteiger charge is 2.12. The molecule has 0 aliphatic rings. The van der Waals surface area contributed by atoms with E-state index in [9.17, 15) is 4.79 Å². The van der Waals surface area contributed by atoms with Crippen LogP contribution < -0.4 is 5.43 Å². The molecule has 0 aliphatic carbocycles. The molecule has 1 N–H and O–H groups in total. The number of halogens is 1. The molecule has 7 heteroatoms. The molecule has 1 aromatic carbocycles. The normalized spacial score (nSPS) is 10.4. The third-order valence-corrected chi connectivity index (χ3v) is 3.46. The fraction of sp³-hybridized carbons (Fsp3) is 0.182. The average Bonchev–Trinajstić information content (AvgIpc) is 2.71. The summed E-state index contributed by atoms with van der Waals surface area (Å²) in [5.74, 6) is 0.450. The van der Waals surface area contributed by atoms with Gasteiger partial charge in [-0.2, -0.15) is 0 Å². The number of hydrogen-bond donors (Lipinski definition) is 1. The van der Waals surface area contributed by atoms with Crippen LogP contribution in [0.25, 0.3) is 0 Å². The summed E-state index contributed by atoms with van der Waals surface area (Å²) in [5, 5.41) is 8.52. The Bertz CT molecular complexity index is 567. The van der Waals surface area contributed by atoms with Crippen molar-refractivity contribution in [3.63, 3.8) is 0 Å². The predicted molar refractivity (Wildman–Crippen MR) is 74.4 cm³/mol. The smallest absolute Gasteiger partial charge is 0.267 e. The van der Waals surface area contributed by atoms with E-state index in [2.05, 4.69) is 31.6 Å². The second kappa shape index (κ2) is 5.53. The number of nitrogens with one attached hydrogen (secondary N) is 1. The number of carbonyl (C=O) groups excluding carboxylic acids is 1. The minimum atomic E-state index is -0.194. The van der Waals surface area contributed by atoms with Crippen molar-refractivity contribution in [1.82, 2.24) is 14.9 Å². The zero-order valence-corrected chi connectivity index (χ0v) is 12.2. The standard InChI is InChI=1S/C11H11BrN4OS/c1-7-13-14-11(18-2)16(7)15-10(17)8-3-5-9(12)6-4-8/h3-6H,1-2H3,(H,15,17). The summed E-state index contributed by atoms with van der Waals surface area (Å²) in [5.41, 5.74) is 3.34. The first kappa shape index (κ1) is 13.1. The lowest BCUT2D eigenvalue weighted by molar-refractivity contribution is 0.101. The van der Waals surface area contributed by atoms with Crippen molar-refractivity contribution >= 4 is 33.6 Å². The van der Waals surface area contributed by atoms with E-state index >= 15 is 0 Å². The van der Waals surface area contributed by atoms with Crippen molar-refractivity contribution in [1.29, 1.82) is 0 Å². The van der Waals surface area contributed by atoms with Gasteiger partial charge in [-0.05, 0) is 37.4 Å². The Hall–Kier alpha value is -1.34. The zero-order valence-electron chi connectivity index (χ0n) is 9.85. The molecular formula is C11H11BrN4OS. The van der Waals surface area contributed by atoms with Crippen LogP contribution in [0.3, 0.4) is 0 Å². The van der Waals surface area contributed by atoms with Gasteiger partial charge in [0.1, 0.15) is 5.82 Å². The Kier molecular flexibility index (Phi) is 4.03. The van der Waals surface area contributed by atoms with Crippen LogP contribution in [0.4, 0.5) is 0 Å². The molecule has 2 rings (SSSR count). The average molecular weight is 327 g/mol. The lowest BCUT2D eigenvalue weighted by atomic mass is 10.2. The molecule has 0 radical (unpaired) electrons. The summed E-state index contributed by atoms with van der Waals surface area (Å²) < 4.78 is 2.51. The number of aromatic nitrogens is 3. The third-order valence-electron chi connectivity index (χ3n) is 2.30. The summed E-state index contributed by atoms with van der Waals surface area (Å²) >= 11 is 4.75. The van der Waals surface area contributed by atoms with Crippen LogP contribution in [0, 0.1) is 6.92 Å². The molecule has 0 spiro atoms. The maximum Gasteiger partial charge on any atom is 0.270 e. The van der Waals surface area contributed by atoms with E-state index in [1.807, 2.05) is 18.4 Å². The van der Waals surface area contributed by atoms with E-state index in [0.29, 0.717) is 16.5 Å². The molecule has 18 heavy (non-hydrogen) atoms. The highest BCUT2D eigenvalue weighted by atomic mass is 79.9. The van der Waals surface area contributed by atoms with Gasteiger partial charge in [0.25, 0.3) is 5.91 Å². The van der Waals surface area contributed by atoms with Gasteiger partial charge >= 0.3 is 0 Å². The van der Waals surface area contributed by atoms with Crippen LogP contribution >= 0.6 is 27.7 Å². The van der Waals surface area contributed by atoms with Gasteiger partial charge in [0.05, 0.1) is 0 Å². The summed E-state index contributed by atoms with van der Waals surface area (Å²) in [6.45, 7) is 1.79. The van der Waals surface area contributed by atoms with E-state index in [1.165, 1.54) is 11.8 Å². The van der Waals surface area contributed by atoms with Crippen LogP contribution in [0.1, 0.15) is 16.2 Å². The quantitative estimate of drug-likeness (QED) is 0.880. The van der Waals surface area contributed by atoms with Crippen LogP contribution in [0.15, 0.2) is 33.9 Å². The molecule has 1 heterocycles. The molecule has 0 aliphatic heterocycles. The van der Waals surface area contributed by atoms with Gasteiger partial charge in [-0.25, -0.2) is 4.68 Å². The lowest BCUT2D eigenvalue weighted by Gasteiger charge is -2.09. The molecule has 0 saturated heterocycles. The first-order chi connectivity index (χ1) is 8.61. The fourth-order valence-electron chi connectivity index (χ4n) is 1.37. The summed E-state index contributed by atoms with van der Waals surface area (Å²) in [6, 6.07) is 7.14. The second-order valence-corrected chi connectivity index (χ2v) is 5.21. The Morgan fingerprint density at radius 2 is 2.00 bits per heavy atom.